The van der Waals surface area contributed by atoms with Gasteiger partial charge in [-0.15, -0.1) is 0 Å². The maximum atomic E-state index is 11.7. The molecule has 2 saturated heterocycles. The second kappa shape index (κ2) is 6.97. The lowest BCUT2D eigenvalue weighted by molar-refractivity contribution is -0.153. The third kappa shape index (κ3) is 4.64. The van der Waals surface area contributed by atoms with Crippen LogP contribution in [0.5, 0.6) is 0 Å². The molecule has 2 aliphatic heterocycles. The van der Waals surface area contributed by atoms with E-state index in [-0.39, 0.29) is 12.1 Å². The Balaban J connectivity index is 1.59. The Morgan fingerprint density at radius 3 is 2.76 bits per heavy atom. The standard InChI is InChI=1S/C13H23NO3/c15-13(17-12-6-9-16-10-7-12)5-4-11-3-1-2-8-14-11/h11-12,14H,1-10H2. The van der Waals surface area contributed by atoms with E-state index in [4.69, 9.17) is 9.47 Å². The van der Waals surface area contributed by atoms with Crippen LogP contribution < -0.4 is 5.32 Å². The van der Waals surface area contributed by atoms with Crippen molar-refractivity contribution in [3.8, 4) is 0 Å². The Morgan fingerprint density at radius 1 is 1.24 bits per heavy atom. The smallest absolute Gasteiger partial charge is 0.306 e. The van der Waals surface area contributed by atoms with Crippen LogP contribution >= 0.6 is 0 Å². The van der Waals surface area contributed by atoms with Gasteiger partial charge in [-0.25, -0.2) is 0 Å². The van der Waals surface area contributed by atoms with Crippen LogP contribution in [0.2, 0.25) is 0 Å². The SMILES string of the molecule is O=C(CCC1CCCCN1)OC1CCOCC1. The van der Waals surface area contributed by atoms with Crippen LogP contribution in [-0.2, 0) is 14.3 Å². The van der Waals surface area contributed by atoms with Gasteiger partial charge in [0.05, 0.1) is 13.2 Å². The molecule has 1 N–H and O–H groups in total. The molecule has 0 bridgehead atoms. The van der Waals surface area contributed by atoms with Gasteiger partial charge in [-0.3, -0.25) is 4.79 Å². The van der Waals surface area contributed by atoms with E-state index in [0.29, 0.717) is 12.5 Å². The van der Waals surface area contributed by atoms with Gasteiger partial charge in [0.25, 0.3) is 0 Å². The number of ether oxygens (including phenoxy) is 2. The molecule has 1 unspecified atom stereocenters. The molecule has 2 fully saturated rings. The van der Waals surface area contributed by atoms with E-state index in [9.17, 15) is 4.79 Å². The van der Waals surface area contributed by atoms with E-state index < -0.39 is 0 Å². The van der Waals surface area contributed by atoms with E-state index in [1.165, 1.54) is 19.3 Å². The first-order chi connectivity index (χ1) is 8.34. The van der Waals surface area contributed by atoms with Gasteiger partial charge in [-0.05, 0) is 25.8 Å². The summed E-state index contributed by atoms with van der Waals surface area (Å²) in [6.07, 6.45) is 7.02. The highest BCUT2D eigenvalue weighted by Gasteiger charge is 2.19. The summed E-state index contributed by atoms with van der Waals surface area (Å²) in [5.41, 5.74) is 0. The van der Waals surface area contributed by atoms with Crippen LogP contribution in [0.3, 0.4) is 0 Å². The minimum Gasteiger partial charge on any atom is -0.462 e. The molecular formula is C13H23NO3. The third-order valence-electron chi connectivity index (χ3n) is 3.58. The number of piperidine rings is 1. The van der Waals surface area contributed by atoms with Gasteiger partial charge in [0.1, 0.15) is 6.10 Å². The minimum atomic E-state index is -0.0377. The van der Waals surface area contributed by atoms with Crippen molar-refractivity contribution in [3.05, 3.63) is 0 Å². The third-order valence-corrected chi connectivity index (χ3v) is 3.58. The second-order valence-electron chi connectivity index (χ2n) is 4.99. The lowest BCUT2D eigenvalue weighted by atomic mass is 10.0. The largest absolute Gasteiger partial charge is 0.462 e. The summed E-state index contributed by atoms with van der Waals surface area (Å²) in [7, 11) is 0. The van der Waals surface area contributed by atoms with E-state index >= 15 is 0 Å². The molecule has 2 rings (SSSR count). The zero-order valence-corrected chi connectivity index (χ0v) is 10.5. The first kappa shape index (κ1) is 12.8. The van der Waals surface area contributed by atoms with E-state index in [1.54, 1.807) is 0 Å². The summed E-state index contributed by atoms with van der Waals surface area (Å²) in [6, 6.07) is 0.519. The number of hydrogen-bond acceptors (Lipinski definition) is 4. The average Bonchev–Trinajstić information content (AvgIpc) is 2.39. The van der Waals surface area contributed by atoms with Crippen molar-refractivity contribution < 1.29 is 14.3 Å². The quantitative estimate of drug-likeness (QED) is 0.760. The van der Waals surface area contributed by atoms with Crippen LogP contribution in [0.15, 0.2) is 0 Å². The molecule has 0 amide bonds. The Bertz CT molecular complexity index is 233. The number of esters is 1. The summed E-state index contributed by atoms with van der Waals surface area (Å²) < 4.78 is 10.7. The van der Waals surface area contributed by atoms with Crippen molar-refractivity contribution in [1.29, 1.82) is 0 Å². The Kier molecular flexibility index (Phi) is 5.26. The van der Waals surface area contributed by atoms with Crippen molar-refractivity contribution in [2.45, 2.75) is 57.1 Å². The van der Waals surface area contributed by atoms with Gasteiger partial charge in [0.15, 0.2) is 0 Å². The summed E-state index contributed by atoms with van der Waals surface area (Å²) in [5, 5.41) is 3.45. The number of rotatable bonds is 4. The molecule has 4 heteroatoms. The molecule has 17 heavy (non-hydrogen) atoms. The molecular weight excluding hydrogens is 218 g/mol. The Morgan fingerprint density at radius 2 is 2.06 bits per heavy atom. The maximum Gasteiger partial charge on any atom is 0.306 e. The van der Waals surface area contributed by atoms with Crippen LogP contribution in [0, 0.1) is 0 Å². The lowest BCUT2D eigenvalue weighted by Crippen LogP contribution is -2.34. The fraction of sp³-hybridized carbons (Fsp3) is 0.923. The van der Waals surface area contributed by atoms with Crippen LogP contribution in [0.4, 0.5) is 0 Å². The molecule has 98 valence electrons. The Labute approximate surface area is 103 Å². The zero-order valence-electron chi connectivity index (χ0n) is 10.5. The molecule has 0 radical (unpaired) electrons. The molecule has 2 aliphatic rings. The molecule has 2 heterocycles. The summed E-state index contributed by atoms with van der Waals surface area (Å²) >= 11 is 0. The average molecular weight is 241 g/mol. The fourth-order valence-corrected chi connectivity index (χ4v) is 2.50. The summed E-state index contributed by atoms with van der Waals surface area (Å²) in [6.45, 7) is 2.55. The van der Waals surface area contributed by atoms with E-state index in [2.05, 4.69) is 5.32 Å². The first-order valence-corrected chi connectivity index (χ1v) is 6.85. The lowest BCUT2D eigenvalue weighted by Gasteiger charge is -2.24. The highest BCUT2D eigenvalue weighted by atomic mass is 16.5. The zero-order chi connectivity index (χ0) is 11.9. The molecule has 0 aromatic rings. The van der Waals surface area contributed by atoms with Gasteiger partial charge in [0.2, 0.25) is 0 Å². The van der Waals surface area contributed by atoms with Crippen molar-refractivity contribution in [2.75, 3.05) is 19.8 Å². The molecule has 0 aliphatic carbocycles. The van der Waals surface area contributed by atoms with Gasteiger partial charge in [0, 0.05) is 25.3 Å². The van der Waals surface area contributed by atoms with Crippen LogP contribution in [0.1, 0.15) is 44.9 Å². The topological polar surface area (TPSA) is 47.6 Å². The predicted molar refractivity (Wildman–Crippen MR) is 64.8 cm³/mol. The maximum absolute atomic E-state index is 11.7. The van der Waals surface area contributed by atoms with Gasteiger partial charge in [-0.2, -0.15) is 0 Å². The van der Waals surface area contributed by atoms with Crippen LogP contribution in [0.25, 0.3) is 0 Å². The molecule has 0 aromatic carbocycles. The molecule has 1 atom stereocenters. The fourth-order valence-electron chi connectivity index (χ4n) is 2.50. The van der Waals surface area contributed by atoms with Crippen molar-refractivity contribution in [3.63, 3.8) is 0 Å². The number of nitrogens with one attached hydrogen (secondary N) is 1. The predicted octanol–water partition coefficient (Wildman–Crippen LogP) is 1.63. The first-order valence-electron chi connectivity index (χ1n) is 6.85. The van der Waals surface area contributed by atoms with Gasteiger partial charge in [-0.1, -0.05) is 6.42 Å². The molecule has 0 spiro atoms. The van der Waals surface area contributed by atoms with E-state index in [1.807, 2.05) is 0 Å². The van der Waals surface area contributed by atoms with E-state index in [0.717, 1.165) is 39.0 Å². The monoisotopic (exact) mass is 241 g/mol. The molecule has 0 saturated carbocycles. The van der Waals surface area contributed by atoms with Crippen LogP contribution in [-0.4, -0.2) is 37.9 Å². The van der Waals surface area contributed by atoms with Crippen molar-refractivity contribution >= 4 is 5.97 Å². The second-order valence-corrected chi connectivity index (χ2v) is 4.99. The highest BCUT2D eigenvalue weighted by molar-refractivity contribution is 5.69. The minimum absolute atomic E-state index is 0.0377. The van der Waals surface area contributed by atoms with Gasteiger partial charge < -0.3 is 14.8 Å². The summed E-state index contributed by atoms with van der Waals surface area (Å²) in [4.78, 5) is 11.7. The summed E-state index contributed by atoms with van der Waals surface area (Å²) in [5.74, 6) is -0.0377. The number of hydrogen-bond donors (Lipinski definition) is 1. The Hall–Kier alpha value is -0.610. The number of carbonyl (C=O) groups excluding carboxylic acids is 1. The van der Waals surface area contributed by atoms with Gasteiger partial charge >= 0.3 is 5.97 Å². The normalized spacial score (nSPS) is 26.7. The highest BCUT2D eigenvalue weighted by Crippen LogP contribution is 2.15. The van der Waals surface area contributed by atoms with Crippen molar-refractivity contribution in [1.82, 2.24) is 5.32 Å². The van der Waals surface area contributed by atoms with Crippen molar-refractivity contribution in [2.24, 2.45) is 0 Å². The molecule has 0 aromatic heterocycles. The molecule has 4 nitrogen and oxygen atoms in total. The number of carbonyl (C=O) groups is 1.